The third-order valence-electron chi connectivity index (χ3n) is 4.73. The van der Waals surface area contributed by atoms with Crippen molar-refractivity contribution in [3.63, 3.8) is 0 Å². The Kier molecular flexibility index (Phi) is 4.07. The summed E-state index contributed by atoms with van der Waals surface area (Å²) in [4.78, 5) is 0. The van der Waals surface area contributed by atoms with Crippen molar-refractivity contribution in [3.8, 4) is 5.75 Å². The smallest absolute Gasteiger partial charge is 0.125 e. The third-order valence-corrected chi connectivity index (χ3v) is 4.73. The number of hydrogen-bond donors (Lipinski definition) is 1. The van der Waals surface area contributed by atoms with Gasteiger partial charge in [0, 0.05) is 0 Å². The minimum Gasteiger partial charge on any atom is -0.496 e. The number of piperidine rings is 1. The largest absolute Gasteiger partial charge is 0.496 e. The van der Waals surface area contributed by atoms with Crippen LogP contribution in [-0.2, 0) is 19.3 Å². The van der Waals surface area contributed by atoms with Crippen LogP contribution in [0.3, 0.4) is 0 Å². The van der Waals surface area contributed by atoms with E-state index in [0.29, 0.717) is 0 Å². The molecule has 1 N–H and O–H groups in total. The van der Waals surface area contributed by atoms with E-state index in [1.54, 1.807) is 0 Å². The number of hydrogen-bond acceptors (Lipinski definition) is 2. The highest BCUT2D eigenvalue weighted by Gasteiger charge is 2.20. The molecule has 2 heteroatoms. The number of aryl methyl sites for hydroxylation is 1. The second kappa shape index (κ2) is 5.96. The lowest BCUT2D eigenvalue weighted by Gasteiger charge is -2.26. The predicted molar refractivity (Wildman–Crippen MR) is 78.9 cm³/mol. The molecule has 0 amide bonds. The van der Waals surface area contributed by atoms with Crippen molar-refractivity contribution in [1.29, 1.82) is 0 Å². The van der Waals surface area contributed by atoms with Gasteiger partial charge in [-0.25, -0.2) is 0 Å². The molecule has 1 aliphatic carbocycles. The Morgan fingerprint density at radius 2 is 1.95 bits per heavy atom. The van der Waals surface area contributed by atoms with Gasteiger partial charge in [-0.2, -0.15) is 0 Å². The summed E-state index contributed by atoms with van der Waals surface area (Å²) in [6.07, 6.45) is 8.90. The normalized spacial score (nSPS) is 20.1. The number of ether oxygens (including phenoxy) is 1. The molecule has 0 spiro atoms. The zero-order valence-corrected chi connectivity index (χ0v) is 12.0. The fourth-order valence-corrected chi connectivity index (χ4v) is 3.65. The molecular formula is C17H25NO. The van der Waals surface area contributed by atoms with E-state index >= 15 is 0 Å². The molecule has 0 bridgehead atoms. The van der Waals surface area contributed by atoms with Crippen LogP contribution >= 0.6 is 0 Å². The van der Waals surface area contributed by atoms with Gasteiger partial charge in [0.15, 0.2) is 0 Å². The first kappa shape index (κ1) is 13.0. The molecule has 1 heterocycles. The molecule has 1 aromatic carbocycles. The van der Waals surface area contributed by atoms with Crippen LogP contribution < -0.4 is 10.1 Å². The summed E-state index contributed by atoms with van der Waals surface area (Å²) in [7, 11) is 1.84. The van der Waals surface area contributed by atoms with Gasteiger partial charge in [-0.15, -0.1) is 0 Å². The van der Waals surface area contributed by atoms with E-state index in [2.05, 4.69) is 17.4 Å². The minimum absolute atomic E-state index is 0.830. The molecule has 104 valence electrons. The maximum absolute atomic E-state index is 5.77. The average Bonchev–Trinajstić information content (AvgIpc) is 2.48. The first-order chi connectivity index (χ1) is 9.38. The van der Waals surface area contributed by atoms with Gasteiger partial charge < -0.3 is 10.1 Å². The topological polar surface area (TPSA) is 21.3 Å². The van der Waals surface area contributed by atoms with Crippen molar-refractivity contribution in [3.05, 3.63) is 28.8 Å². The first-order valence-electron chi connectivity index (χ1n) is 7.77. The first-order valence-corrected chi connectivity index (χ1v) is 7.77. The van der Waals surface area contributed by atoms with E-state index in [-0.39, 0.29) is 0 Å². The predicted octanol–water partition coefficient (Wildman–Crippen LogP) is 3.12. The molecule has 0 saturated carbocycles. The van der Waals surface area contributed by atoms with E-state index in [1.165, 1.54) is 80.5 Å². The quantitative estimate of drug-likeness (QED) is 0.900. The van der Waals surface area contributed by atoms with Crippen molar-refractivity contribution >= 4 is 0 Å². The van der Waals surface area contributed by atoms with Gasteiger partial charge in [0.2, 0.25) is 0 Å². The SMILES string of the molecule is COc1c(CC2CCNCC2)ccc2c1CCCC2. The molecule has 1 aliphatic heterocycles. The van der Waals surface area contributed by atoms with E-state index in [9.17, 15) is 0 Å². The molecule has 19 heavy (non-hydrogen) atoms. The molecule has 0 aromatic heterocycles. The summed E-state index contributed by atoms with van der Waals surface area (Å²) < 4.78 is 5.77. The summed E-state index contributed by atoms with van der Waals surface area (Å²) in [5.74, 6) is 2.03. The minimum atomic E-state index is 0.830. The molecule has 1 aromatic rings. The van der Waals surface area contributed by atoms with Gasteiger partial charge in [-0.1, -0.05) is 12.1 Å². The number of nitrogens with one attached hydrogen (secondary N) is 1. The number of benzene rings is 1. The zero-order valence-electron chi connectivity index (χ0n) is 12.0. The monoisotopic (exact) mass is 259 g/mol. The standard InChI is InChI=1S/C17H25NO/c1-19-17-15(12-13-8-10-18-11-9-13)7-6-14-4-2-3-5-16(14)17/h6-7,13,18H,2-5,8-12H2,1H3. The summed E-state index contributed by atoms with van der Waals surface area (Å²) in [6.45, 7) is 2.36. The van der Waals surface area contributed by atoms with Gasteiger partial charge in [0.25, 0.3) is 0 Å². The Labute approximate surface area is 116 Å². The van der Waals surface area contributed by atoms with E-state index in [1.807, 2.05) is 7.11 Å². The molecular weight excluding hydrogens is 234 g/mol. The van der Waals surface area contributed by atoms with Crippen LogP contribution in [0.4, 0.5) is 0 Å². The second-order valence-corrected chi connectivity index (χ2v) is 6.00. The van der Waals surface area contributed by atoms with Crippen LogP contribution in [0.2, 0.25) is 0 Å². The van der Waals surface area contributed by atoms with Crippen molar-refractivity contribution in [2.45, 2.75) is 44.9 Å². The maximum Gasteiger partial charge on any atom is 0.125 e. The molecule has 1 fully saturated rings. The molecule has 3 rings (SSSR count). The molecule has 1 saturated heterocycles. The Bertz CT molecular complexity index is 435. The summed E-state index contributed by atoms with van der Waals surface area (Å²) in [6, 6.07) is 4.68. The Morgan fingerprint density at radius 3 is 2.74 bits per heavy atom. The summed E-state index contributed by atoms with van der Waals surface area (Å²) >= 11 is 0. The fraction of sp³-hybridized carbons (Fsp3) is 0.647. The second-order valence-electron chi connectivity index (χ2n) is 6.00. The Hall–Kier alpha value is -1.02. The van der Waals surface area contributed by atoms with Crippen LogP contribution in [0.25, 0.3) is 0 Å². The summed E-state index contributed by atoms with van der Waals surface area (Å²) in [5, 5.41) is 3.45. The van der Waals surface area contributed by atoms with Crippen LogP contribution in [0.5, 0.6) is 5.75 Å². The molecule has 2 aliphatic rings. The van der Waals surface area contributed by atoms with Crippen LogP contribution in [0.1, 0.15) is 42.4 Å². The van der Waals surface area contributed by atoms with Crippen molar-refractivity contribution < 1.29 is 4.74 Å². The van der Waals surface area contributed by atoms with E-state index in [4.69, 9.17) is 4.74 Å². The van der Waals surface area contributed by atoms with Gasteiger partial charge in [-0.05, 0) is 80.6 Å². The highest BCUT2D eigenvalue weighted by Crippen LogP contribution is 2.34. The van der Waals surface area contributed by atoms with Gasteiger partial charge in [0.1, 0.15) is 5.75 Å². The lowest BCUT2D eigenvalue weighted by Crippen LogP contribution is -2.28. The van der Waals surface area contributed by atoms with Gasteiger partial charge >= 0.3 is 0 Å². The fourth-order valence-electron chi connectivity index (χ4n) is 3.65. The Balaban J connectivity index is 1.83. The third kappa shape index (κ3) is 2.79. The molecule has 0 radical (unpaired) electrons. The highest BCUT2D eigenvalue weighted by atomic mass is 16.5. The number of fused-ring (bicyclic) bond motifs is 1. The van der Waals surface area contributed by atoms with Crippen molar-refractivity contribution in [1.82, 2.24) is 5.32 Å². The maximum atomic E-state index is 5.77. The highest BCUT2D eigenvalue weighted by molar-refractivity contribution is 5.48. The zero-order chi connectivity index (χ0) is 13.1. The Morgan fingerprint density at radius 1 is 1.16 bits per heavy atom. The molecule has 0 unspecified atom stereocenters. The van der Waals surface area contributed by atoms with Gasteiger partial charge in [0.05, 0.1) is 7.11 Å². The van der Waals surface area contributed by atoms with Crippen molar-refractivity contribution in [2.24, 2.45) is 5.92 Å². The van der Waals surface area contributed by atoms with E-state index in [0.717, 1.165) is 5.92 Å². The van der Waals surface area contributed by atoms with Crippen LogP contribution in [-0.4, -0.2) is 20.2 Å². The van der Waals surface area contributed by atoms with Crippen LogP contribution in [0, 0.1) is 5.92 Å². The van der Waals surface area contributed by atoms with Crippen molar-refractivity contribution in [2.75, 3.05) is 20.2 Å². The summed E-state index contributed by atoms with van der Waals surface area (Å²) in [5.41, 5.74) is 4.47. The lowest BCUT2D eigenvalue weighted by atomic mass is 9.85. The number of methoxy groups -OCH3 is 1. The van der Waals surface area contributed by atoms with Crippen LogP contribution in [0.15, 0.2) is 12.1 Å². The number of rotatable bonds is 3. The van der Waals surface area contributed by atoms with Gasteiger partial charge in [-0.3, -0.25) is 0 Å². The molecule has 0 atom stereocenters. The molecule has 2 nitrogen and oxygen atoms in total. The lowest BCUT2D eigenvalue weighted by molar-refractivity contribution is 0.359. The average molecular weight is 259 g/mol. The van der Waals surface area contributed by atoms with E-state index < -0.39 is 0 Å².